The van der Waals surface area contributed by atoms with Crippen LogP contribution in [0.15, 0.2) is 12.5 Å². The van der Waals surface area contributed by atoms with E-state index in [9.17, 15) is 0 Å². The summed E-state index contributed by atoms with van der Waals surface area (Å²) >= 11 is 2.23. The van der Waals surface area contributed by atoms with Gasteiger partial charge in [0, 0.05) is 23.4 Å². The first-order valence-electron chi connectivity index (χ1n) is 4.47. The molecule has 0 radical (unpaired) electrons. The number of hydrogen-bond acceptors (Lipinski definition) is 4. The van der Waals surface area contributed by atoms with E-state index >= 15 is 0 Å². The number of halogens is 1. The Balaban J connectivity index is 2.53. The average Bonchev–Trinajstić information content (AvgIpc) is 2.54. The molecule has 0 spiro atoms. The van der Waals surface area contributed by atoms with Gasteiger partial charge >= 0.3 is 0 Å². The number of hydrogen-bond donors (Lipinski definition) is 1. The fraction of sp³-hybridized carbons (Fsp3) is 0.333. The Morgan fingerprint density at radius 2 is 2.33 bits per heavy atom. The lowest BCUT2D eigenvalue weighted by Crippen LogP contribution is -2.04. The quantitative estimate of drug-likeness (QED) is 0.866. The van der Waals surface area contributed by atoms with Gasteiger partial charge in [-0.1, -0.05) is 0 Å². The van der Waals surface area contributed by atoms with Crippen molar-refractivity contribution in [3.8, 4) is 0 Å². The summed E-state index contributed by atoms with van der Waals surface area (Å²) in [5.74, 6) is 0.528. The molecule has 0 aliphatic carbocycles. The van der Waals surface area contributed by atoms with Crippen molar-refractivity contribution in [2.24, 2.45) is 0 Å². The Morgan fingerprint density at radius 3 is 3.07 bits per heavy atom. The van der Waals surface area contributed by atoms with Crippen LogP contribution in [0.5, 0.6) is 0 Å². The number of methoxy groups -OCH3 is 1. The van der Waals surface area contributed by atoms with E-state index in [1.807, 2.05) is 10.8 Å². The van der Waals surface area contributed by atoms with Crippen molar-refractivity contribution < 1.29 is 4.74 Å². The van der Waals surface area contributed by atoms with E-state index < -0.39 is 0 Å². The zero-order chi connectivity index (χ0) is 10.8. The number of fused-ring (bicyclic) bond motifs is 1. The van der Waals surface area contributed by atoms with Gasteiger partial charge in [0.2, 0.25) is 0 Å². The zero-order valence-corrected chi connectivity index (χ0v) is 10.4. The topological polar surface area (TPSA) is 66.0 Å². The number of anilines is 1. The Morgan fingerprint density at radius 1 is 1.53 bits per heavy atom. The number of nitrogens with zero attached hydrogens (tertiary/aromatic N) is 3. The lowest BCUT2D eigenvalue weighted by atomic mass is 10.4. The molecule has 2 aromatic rings. The summed E-state index contributed by atoms with van der Waals surface area (Å²) in [5.41, 5.74) is 6.66. The first kappa shape index (κ1) is 10.6. The van der Waals surface area contributed by atoms with Crippen molar-refractivity contribution in [1.82, 2.24) is 14.5 Å². The second kappa shape index (κ2) is 4.31. The highest BCUT2D eigenvalue weighted by Crippen LogP contribution is 2.24. The zero-order valence-electron chi connectivity index (χ0n) is 8.27. The molecule has 2 N–H and O–H groups in total. The molecule has 2 heterocycles. The van der Waals surface area contributed by atoms with E-state index in [2.05, 4.69) is 32.6 Å². The van der Waals surface area contributed by atoms with Crippen molar-refractivity contribution in [2.75, 3.05) is 19.5 Å². The fourth-order valence-corrected chi connectivity index (χ4v) is 2.31. The lowest BCUT2D eigenvalue weighted by molar-refractivity contribution is 0.188. The van der Waals surface area contributed by atoms with Crippen molar-refractivity contribution in [3.63, 3.8) is 0 Å². The molecule has 5 nitrogen and oxygen atoms in total. The molecule has 0 unspecified atom stereocenters. The van der Waals surface area contributed by atoms with Crippen LogP contribution in [0.3, 0.4) is 0 Å². The third-order valence-corrected chi connectivity index (χ3v) is 2.99. The van der Waals surface area contributed by atoms with Gasteiger partial charge in [-0.05, 0) is 22.6 Å². The fourth-order valence-electron chi connectivity index (χ4n) is 1.46. The van der Waals surface area contributed by atoms with Crippen molar-refractivity contribution >= 4 is 39.4 Å². The van der Waals surface area contributed by atoms with Crippen molar-refractivity contribution in [1.29, 1.82) is 0 Å². The summed E-state index contributed by atoms with van der Waals surface area (Å²) in [6.45, 7) is 1.43. The van der Waals surface area contributed by atoms with Gasteiger partial charge in [0.1, 0.15) is 17.8 Å². The number of nitrogen functional groups attached to an aromatic ring is 1. The molecule has 0 aliphatic heterocycles. The highest BCUT2D eigenvalue weighted by atomic mass is 127. The molecule has 0 fully saturated rings. The van der Waals surface area contributed by atoms with Crippen LogP contribution in [0.4, 0.5) is 5.82 Å². The van der Waals surface area contributed by atoms with Gasteiger partial charge in [-0.15, -0.1) is 0 Å². The van der Waals surface area contributed by atoms with Crippen molar-refractivity contribution in [2.45, 2.75) is 6.54 Å². The smallest absolute Gasteiger partial charge is 0.146 e. The third kappa shape index (κ3) is 1.91. The van der Waals surface area contributed by atoms with Crippen LogP contribution in [0, 0.1) is 3.57 Å². The van der Waals surface area contributed by atoms with Gasteiger partial charge in [0.25, 0.3) is 0 Å². The second-order valence-electron chi connectivity index (χ2n) is 3.12. The summed E-state index contributed by atoms with van der Waals surface area (Å²) in [6, 6.07) is 0. The SMILES string of the molecule is COCCn1cc(I)c2c(N)ncnc21. The van der Waals surface area contributed by atoms with Crippen LogP contribution in [0.2, 0.25) is 0 Å². The standard InChI is InChI=1S/C9H11IN4O/c1-15-3-2-14-4-6(10)7-8(11)12-5-13-9(7)14/h4-5H,2-3H2,1H3,(H2,11,12,13). The van der Waals surface area contributed by atoms with E-state index in [1.165, 1.54) is 6.33 Å². The van der Waals surface area contributed by atoms with Gasteiger partial charge in [-0.3, -0.25) is 0 Å². The van der Waals surface area contributed by atoms with Crippen LogP contribution in [0.25, 0.3) is 11.0 Å². The highest BCUT2D eigenvalue weighted by Gasteiger charge is 2.10. The van der Waals surface area contributed by atoms with E-state index in [-0.39, 0.29) is 0 Å². The minimum absolute atomic E-state index is 0.528. The predicted molar refractivity (Wildman–Crippen MR) is 66.5 cm³/mol. The van der Waals surface area contributed by atoms with E-state index in [0.29, 0.717) is 12.4 Å². The van der Waals surface area contributed by atoms with Gasteiger partial charge in [-0.25, -0.2) is 9.97 Å². The molecule has 0 aliphatic rings. The van der Waals surface area contributed by atoms with Gasteiger partial charge < -0.3 is 15.0 Å². The summed E-state index contributed by atoms with van der Waals surface area (Å²) in [4.78, 5) is 8.21. The maximum absolute atomic E-state index is 5.80. The molecule has 2 aromatic heterocycles. The number of nitrogens with two attached hydrogens (primary N) is 1. The van der Waals surface area contributed by atoms with E-state index in [4.69, 9.17) is 10.5 Å². The summed E-state index contributed by atoms with van der Waals surface area (Å²) < 4.78 is 8.13. The monoisotopic (exact) mass is 318 g/mol. The number of aromatic nitrogens is 3. The minimum atomic E-state index is 0.528. The van der Waals surface area contributed by atoms with E-state index in [1.54, 1.807) is 7.11 Å². The molecule has 0 bridgehead atoms. The largest absolute Gasteiger partial charge is 0.383 e. The molecule has 0 aromatic carbocycles. The van der Waals surface area contributed by atoms with Gasteiger partial charge in [0.15, 0.2) is 0 Å². The second-order valence-corrected chi connectivity index (χ2v) is 4.28. The maximum atomic E-state index is 5.80. The van der Waals surface area contributed by atoms with Crippen LogP contribution in [0.1, 0.15) is 0 Å². The predicted octanol–water partition coefficient (Wildman–Crippen LogP) is 1.26. The molecule has 15 heavy (non-hydrogen) atoms. The van der Waals surface area contributed by atoms with Gasteiger partial charge in [0.05, 0.1) is 12.0 Å². The molecule has 2 rings (SSSR count). The minimum Gasteiger partial charge on any atom is -0.383 e. The van der Waals surface area contributed by atoms with Gasteiger partial charge in [-0.2, -0.15) is 0 Å². The number of rotatable bonds is 3. The molecule has 0 saturated heterocycles. The Bertz CT molecular complexity index is 482. The Hall–Kier alpha value is -0.890. The molecule has 0 saturated carbocycles. The average molecular weight is 318 g/mol. The molecule has 80 valence electrons. The highest BCUT2D eigenvalue weighted by molar-refractivity contribution is 14.1. The first-order chi connectivity index (χ1) is 7.24. The summed E-state index contributed by atoms with van der Waals surface area (Å²) in [7, 11) is 1.68. The summed E-state index contributed by atoms with van der Waals surface area (Å²) in [6.07, 6.45) is 3.49. The summed E-state index contributed by atoms with van der Waals surface area (Å²) in [5, 5.41) is 0.925. The van der Waals surface area contributed by atoms with Crippen molar-refractivity contribution in [3.05, 3.63) is 16.1 Å². The van der Waals surface area contributed by atoms with Crippen LogP contribution >= 0.6 is 22.6 Å². The first-order valence-corrected chi connectivity index (χ1v) is 5.55. The lowest BCUT2D eigenvalue weighted by Gasteiger charge is -2.02. The molecule has 6 heteroatoms. The molecular formula is C9H11IN4O. The van der Waals surface area contributed by atoms with Crippen LogP contribution < -0.4 is 5.73 Å². The maximum Gasteiger partial charge on any atom is 0.146 e. The normalized spacial score (nSPS) is 11.1. The number of ether oxygens (including phenoxy) is 1. The Labute approximate surface area is 101 Å². The molecule has 0 amide bonds. The van der Waals surface area contributed by atoms with Crippen LogP contribution in [-0.4, -0.2) is 28.3 Å². The van der Waals surface area contributed by atoms with E-state index in [0.717, 1.165) is 21.1 Å². The molecule has 0 atom stereocenters. The van der Waals surface area contributed by atoms with Crippen LogP contribution in [-0.2, 0) is 11.3 Å². The third-order valence-electron chi connectivity index (χ3n) is 2.17. The molecular weight excluding hydrogens is 307 g/mol. The Kier molecular flexibility index (Phi) is 3.06.